The normalized spacial score (nSPS) is 25.5. The Kier molecular flexibility index (Phi) is 5.94. The number of nitrogens with one attached hydrogen (secondary N) is 2. The molecule has 1 aromatic rings. The van der Waals surface area contributed by atoms with E-state index >= 15 is 0 Å². The van der Waals surface area contributed by atoms with Crippen molar-refractivity contribution in [1.29, 1.82) is 0 Å². The van der Waals surface area contributed by atoms with Crippen LogP contribution < -0.4 is 20.1 Å². The molecule has 1 aliphatic carbocycles. The molecular weight excluding hydrogens is 430 g/mol. The van der Waals surface area contributed by atoms with Gasteiger partial charge in [0, 0.05) is 11.8 Å². The number of carbonyl (C=O) groups excluding carboxylic acids is 4. The molecule has 1 saturated carbocycles. The first kappa shape index (κ1) is 22.9. The highest BCUT2D eigenvalue weighted by atomic mass is 16.6. The first-order valence-corrected chi connectivity index (χ1v) is 11.1. The van der Waals surface area contributed by atoms with Gasteiger partial charge in [-0.15, -0.1) is 0 Å². The zero-order valence-electron chi connectivity index (χ0n) is 19.1. The molecule has 10 nitrogen and oxygen atoms in total. The quantitative estimate of drug-likeness (QED) is 0.510. The highest BCUT2D eigenvalue weighted by Gasteiger charge is 2.56. The number of rotatable bonds is 5. The highest BCUT2D eigenvalue weighted by molar-refractivity contribution is 6.09. The fourth-order valence-electron chi connectivity index (χ4n) is 5.29. The van der Waals surface area contributed by atoms with Gasteiger partial charge in [0.15, 0.2) is 18.1 Å². The Hall–Kier alpha value is -3.30. The van der Waals surface area contributed by atoms with Gasteiger partial charge in [0.05, 0.1) is 0 Å². The van der Waals surface area contributed by atoms with Crippen LogP contribution >= 0.6 is 0 Å². The number of urea groups is 1. The van der Waals surface area contributed by atoms with Gasteiger partial charge in [-0.1, -0.05) is 20.8 Å². The molecule has 178 valence electrons. The number of esters is 1. The standard InChI is InChI=1S/C23H29N3O7/c1-14-9-22(2,3)13-23(10-14)20(29)26(21(30)25-23)11-19(28)33-12-18(27)24-15-4-5-16-17(8-15)32-7-6-31-16/h4-5,8,14H,6-7,9-13H2,1-3H3,(H,24,27)(H,25,30)/t14-,23+/m0/s1. The van der Waals surface area contributed by atoms with E-state index in [2.05, 4.69) is 31.4 Å². The number of hydrogen-bond acceptors (Lipinski definition) is 7. The van der Waals surface area contributed by atoms with Crippen molar-refractivity contribution in [3.05, 3.63) is 18.2 Å². The van der Waals surface area contributed by atoms with Crippen molar-refractivity contribution >= 4 is 29.5 Å². The van der Waals surface area contributed by atoms with E-state index in [1.54, 1.807) is 18.2 Å². The summed E-state index contributed by atoms with van der Waals surface area (Å²) in [7, 11) is 0. The summed E-state index contributed by atoms with van der Waals surface area (Å²) >= 11 is 0. The molecule has 2 N–H and O–H groups in total. The number of benzene rings is 1. The lowest BCUT2D eigenvalue weighted by molar-refractivity contribution is -0.150. The molecule has 0 bridgehead atoms. The van der Waals surface area contributed by atoms with Crippen LogP contribution in [0.1, 0.15) is 40.0 Å². The molecule has 2 fully saturated rings. The number of carbonyl (C=O) groups is 4. The molecule has 10 heteroatoms. The van der Waals surface area contributed by atoms with Crippen LogP contribution in [0.4, 0.5) is 10.5 Å². The molecule has 33 heavy (non-hydrogen) atoms. The van der Waals surface area contributed by atoms with Crippen molar-refractivity contribution in [2.75, 3.05) is 31.7 Å². The van der Waals surface area contributed by atoms with Gasteiger partial charge < -0.3 is 24.8 Å². The van der Waals surface area contributed by atoms with Crippen LogP contribution in [-0.4, -0.2) is 60.6 Å². The van der Waals surface area contributed by atoms with Gasteiger partial charge in [0.1, 0.15) is 25.3 Å². The Labute approximate surface area is 191 Å². The Morgan fingerprint density at radius 3 is 2.64 bits per heavy atom. The minimum atomic E-state index is -0.992. The number of amides is 4. The maximum atomic E-state index is 13.1. The number of nitrogens with zero attached hydrogens (tertiary/aromatic N) is 1. The van der Waals surface area contributed by atoms with E-state index in [-0.39, 0.29) is 11.3 Å². The van der Waals surface area contributed by atoms with E-state index < -0.39 is 42.5 Å². The molecule has 4 rings (SSSR count). The molecule has 3 aliphatic rings. The first-order chi connectivity index (χ1) is 15.6. The van der Waals surface area contributed by atoms with Crippen molar-refractivity contribution < 1.29 is 33.4 Å². The van der Waals surface area contributed by atoms with Crippen molar-refractivity contribution in [2.24, 2.45) is 11.3 Å². The van der Waals surface area contributed by atoms with Crippen molar-refractivity contribution in [2.45, 2.75) is 45.6 Å². The maximum absolute atomic E-state index is 13.1. The molecule has 2 atom stereocenters. The van der Waals surface area contributed by atoms with Gasteiger partial charge in [-0.05, 0) is 42.7 Å². The van der Waals surface area contributed by atoms with Crippen molar-refractivity contribution in [3.8, 4) is 11.5 Å². The number of imide groups is 1. The minimum absolute atomic E-state index is 0.108. The predicted molar refractivity (Wildman–Crippen MR) is 117 cm³/mol. The monoisotopic (exact) mass is 459 g/mol. The maximum Gasteiger partial charge on any atom is 0.326 e. The topological polar surface area (TPSA) is 123 Å². The van der Waals surface area contributed by atoms with Gasteiger partial charge in [0.25, 0.3) is 11.8 Å². The van der Waals surface area contributed by atoms with E-state index in [1.165, 1.54) is 0 Å². The summed E-state index contributed by atoms with van der Waals surface area (Å²) in [6, 6.07) is 4.33. The summed E-state index contributed by atoms with van der Waals surface area (Å²) in [6.07, 6.45) is 2.00. The SMILES string of the molecule is C[C@H]1CC(C)(C)C[C@@]2(C1)NC(=O)N(CC(=O)OCC(=O)Nc1ccc3c(c1)OCCO3)C2=O. The average molecular weight is 459 g/mol. The van der Waals surface area contributed by atoms with E-state index in [9.17, 15) is 19.2 Å². The number of anilines is 1. The van der Waals surface area contributed by atoms with Gasteiger partial charge in [-0.25, -0.2) is 4.79 Å². The second kappa shape index (κ2) is 8.57. The summed E-state index contributed by atoms with van der Waals surface area (Å²) in [5.74, 6) is -0.442. The van der Waals surface area contributed by atoms with Crippen LogP contribution in [0.5, 0.6) is 11.5 Å². The summed E-state index contributed by atoms with van der Waals surface area (Å²) in [6.45, 7) is 5.98. The summed E-state index contributed by atoms with van der Waals surface area (Å²) in [5.41, 5.74) is -0.637. The number of ether oxygens (including phenoxy) is 3. The average Bonchev–Trinajstić information content (AvgIpc) is 2.94. The van der Waals surface area contributed by atoms with Gasteiger partial charge >= 0.3 is 12.0 Å². The predicted octanol–water partition coefficient (Wildman–Crippen LogP) is 2.08. The van der Waals surface area contributed by atoms with Crippen molar-refractivity contribution in [3.63, 3.8) is 0 Å². The second-order valence-corrected chi connectivity index (χ2v) is 9.83. The number of hydrogen-bond donors (Lipinski definition) is 2. The van der Waals surface area contributed by atoms with Crippen molar-refractivity contribution in [1.82, 2.24) is 10.2 Å². The van der Waals surface area contributed by atoms with Crippen LogP contribution in [0, 0.1) is 11.3 Å². The Balaban J connectivity index is 1.30. The van der Waals surface area contributed by atoms with Crippen LogP contribution in [0.15, 0.2) is 18.2 Å². The third-order valence-electron chi connectivity index (χ3n) is 6.10. The molecular formula is C23H29N3O7. The zero-order chi connectivity index (χ0) is 23.8. The minimum Gasteiger partial charge on any atom is -0.486 e. The molecule has 1 saturated heterocycles. The molecule has 1 spiro atoms. The first-order valence-electron chi connectivity index (χ1n) is 11.1. The van der Waals surface area contributed by atoms with Crippen LogP contribution in [0.25, 0.3) is 0 Å². The lowest BCUT2D eigenvalue weighted by atomic mass is 9.64. The molecule has 2 heterocycles. The molecule has 4 amide bonds. The smallest absolute Gasteiger partial charge is 0.326 e. The third kappa shape index (κ3) is 4.89. The van der Waals surface area contributed by atoms with E-state index in [4.69, 9.17) is 14.2 Å². The Morgan fingerprint density at radius 1 is 1.18 bits per heavy atom. The molecule has 0 aromatic heterocycles. The molecule has 0 unspecified atom stereocenters. The molecule has 2 aliphatic heterocycles. The summed E-state index contributed by atoms with van der Waals surface area (Å²) < 4.78 is 15.9. The van der Waals surface area contributed by atoms with Crippen LogP contribution in [-0.2, 0) is 19.1 Å². The summed E-state index contributed by atoms with van der Waals surface area (Å²) in [4.78, 5) is 50.9. The van der Waals surface area contributed by atoms with Crippen LogP contribution in [0.2, 0.25) is 0 Å². The van der Waals surface area contributed by atoms with E-state index in [0.29, 0.717) is 43.2 Å². The summed E-state index contributed by atoms with van der Waals surface area (Å²) in [5, 5.41) is 5.42. The van der Waals surface area contributed by atoms with E-state index in [0.717, 1.165) is 11.3 Å². The second-order valence-electron chi connectivity index (χ2n) is 9.83. The highest BCUT2D eigenvalue weighted by Crippen LogP contribution is 2.46. The molecule has 0 radical (unpaired) electrons. The lowest BCUT2D eigenvalue weighted by Crippen LogP contribution is -2.54. The zero-order valence-corrected chi connectivity index (χ0v) is 19.1. The van der Waals surface area contributed by atoms with E-state index in [1.807, 2.05) is 0 Å². The Bertz CT molecular complexity index is 992. The third-order valence-corrected chi connectivity index (χ3v) is 6.10. The lowest BCUT2D eigenvalue weighted by Gasteiger charge is -2.43. The fourth-order valence-corrected chi connectivity index (χ4v) is 5.29. The fraction of sp³-hybridized carbons (Fsp3) is 0.565. The Morgan fingerprint density at radius 2 is 1.91 bits per heavy atom. The molecule has 1 aromatic carbocycles. The van der Waals surface area contributed by atoms with Gasteiger partial charge in [-0.2, -0.15) is 0 Å². The van der Waals surface area contributed by atoms with Crippen LogP contribution in [0.3, 0.4) is 0 Å². The largest absolute Gasteiger partial charge is 0.486 e. The van der Waals surface area contributed by atoms with Gasteiger partial charge in [0.2, 0.25) is 0 Å². The van der Waals surface area contributed by atoms with Gasteiger partial charge in [-0.3, -0.25) is 19.3 Å². The number of fused-ring (bicyclic) bond motifs is 1.